The zero-order valence-corrected chi connectivity index (χ0v) is 12.9. The van der Waals surface area contributed by atoms with E-state index in [0.717, 1.165) is 11.3 Å². The summed E-state index contributed by atoms with van der Waals surface area (Å²) in [7, 11) is 1.64. The Morgan fingerprint density at radius 3 is 2.68 bits per heavy atom. The molecule has 1 heterocycles. The fourth-order valence-electron chi connectivity index (χ4n) is 1.78. The summed E-state index contributed by atoms with van der Waals surface area (Å²) in [6.45, 7) is 1.65. The van der Waals surface area contributed by atoms with Crippen LogP contribution in [-0.2, 0) is 11.3 Å². The van der Waals surface area contributed by atoms with Crippen LogP contribution < -0.4 is 10.1 Å². The van der Waals surface area contributed by atoms with Crippen molar-refractivity contribution in [2.24, 2.45) is 0 Å². The van der Waals surface area contributed by atoms with Gasteiger partial charge in [-0.05, 0) is 29.8 Å². The Hall–Kier alpha value is -2.29. The number of hydrogen-bond donors (Lipinski definition) is 1. The maximum Gasteiger partial charge on any atom is 0.161 e. The lowest BCUT2D eigenvalue weighted by atomic mass is 10.2. The maximum absolute atomic E-state index is 8.86. The first kappa shape index (κ1) is 16.1. The van der Waals surface area contributed by atoms with Gasteiger partial charge in [0.15, 0.2) is 5.69 Å². The number of hydrogen-bond acceptors (Lipinski definition) is 5. The number of anilines is 1. The predicted octanol–water partition coefficient (Wildman–Crippen LogP) is 3.24. The van der Waals surface area contributed by atoms with Crippen molar-refractivity contribution in [3.05, 3.63) is 52.7 Å². The first-order valence-corrected chi connectivity index (χ1v) is 7.12. The van der Waals surface area contributed by atoms with Crippen molar-refractivity contribution < 1.29 is 9.47 Å². The summed E-state index contributed by atoms with van der Waals surface area (Å²) in [5.74, 6) is 1.43. The topological polar surface area (TPSA) is 67.2 Å². The number of aromatic nitrogens is 1. The van der Waals surface area contributed by atoms with Crippen LogP contribution in [0.2, 0.25) is 5.02 Å². The van der Waals surface area contributed by atoms with Gasteiger partial charge in [-0.3, -0.25) is 0 Å². The van der Waals surface area contributed by atoms with Gasteiger partial charge in [0, 0.05) is 6.54 Å². The van der Waals surface area contributed by atoms with E-state index in [1.165, 1.54) is 0 Å². The number of benzene rings is 1. The summed E-state index contributed by atoms with van der Waals surface area (Å²) in [5, 5.41) is 12.3. The molecule has 0 radical (unpaired) electrons. The average molecular weight is 318 g/mol. The molecule has 2 aromatic rings. The van der Waals surface area contributed by atoms with Crippen LogP contribution in [-0.4, -0.2) is 25.2 Å². The monoisotopic (exact) mass is 317 g/mol. The second-order valence-corrected chi connectivity index (χ2v) is 4.87. The van der Waals surface area contributed by atoms with Crippen molar-refractivity contribution in [3.8, 4) is 11.8 Å². The highest BCUT2D eigenvalue weighted by Gasteiger charge is 2.02. The number of nitriles is 1. The fraction of sp³-hybridized carbons (Fsp3) is 0.250. The predicted molar refractivity (Wildman–Crippen MR) is 85.1 cm³/mol. The molecule has 1 aromatic carbocycles. The largest absolute Gasteiger partial charge is 0.497 e. The molecule has 1 N–H and O–H groups in total. The van der Waals surface area contributed by atoms with E-state index in [1.807, 2.05) is 30.3 Å². The zero-order valence-electron chi connectivity index (χ0n) is 12.2. The summed E-state index contributed by atoms with van der Waals surface area (Å²) < 4.78 is 10.7. The van der Waals surface area contributed by atoms with Crippen LogP contribution in [0.4, 0.5) is 5.82 Å². The molecule has 0 aliphatic heterocycles. The second kappa shape index (κ2) is 8.23. The minimum atomic E-state index is 0.214. The zero-order chi connectivity index (χ0) is 15.8. The number of rotatable bonds is 7. The Balaban J connectivity index is 1.72. The summed E-state index contributed by atoms with van der Waals surface area (Å²) in [6, 6.07) is 13.0. The van der Waals surface area contributed by atoms with Gasteiger partial charge in [0.25, 0.3) is 0 Å². The molecule has 1 aromatic heterocycles. The van der Waals surface area contributed by atoms with Crippen molar-refractivity contribution in [1.29, 1.82) is 5.26 Å². The smallest absolute Gasteiger partial charge is 0.161 e. The normalized spacial score (nSPS) is 10.0. The van der Waals surface area contributed by atoms with Crippen LogP contribution in [0.15, 0.2) is 36.4 Å². The Morgan fingerprint density at radius 2 is 2.00 bits per heavy atom. The van der Waals surface area contributed by atoms with Gasteiger partial charge in [-0.2, -0.15) is 5.26 Å². The highest BCUT2D eigenvalue weighted by Crippen LogP contribution is 2.15. The van der Waals surface area contributed by atoms with Gasteiger partial charge in [0.1, 0.15) is 17.6 Å². The Labute approximate surface area is 134 Å². The van der Waals surface area contributed by atoms with Crippen LogP contribution in [0, 0.1) is 11.3 Å². The number of pyridine rings is 1. The number of ether oxygens (including phenoxy) is 2. The van der Waals surface area contributed by atoms with E-state index >= 15 is 0 Å². The van der Waals surface area contributed by atoms with Gasteiger partial charge in [0.05, 0.1) is 25.3 Å². The van der Waals surface area contributed by atoms with E-state index < -0.39 is 0 Å². The molecule has 0 spiro atoms. The SMILES string of the molecule is COc1ccc(COCCNc2ccc(Cl)c(C#N)n2)cc1. The van der Waals surface area contributed by atoms with Gasteiger partial charge in [0.2, 0.25) is 0 Å². The third-order valence-corrected chi connectivity index (χ3v) is 3.24. The molecule has 0 unspecified atom stereocenters. The lowest BCUT2D eigenvalue weighted by Crippen LogP contribution is -2.10. The van der Waals surface area contributed by atoms with Gasteiger partial charge in [-0.15, -0.1) is 0 Å². The van der Waals surface area contributed by atoms with E-state index in [-0.39, 0.29) is 5.69 Å². The number of methoxy groups -OCH3 is 1. The summed E-state index contributed by atoms with van der Waals surface area (Å²) in [5.41, 5.74) is 1.29. The first-order valence-electron chi connectivity index (χ1n) is 6.74. The maximum atomic E-state index is 8.86. The molecule has 2 rings (SSSR count). The molecule has 0 saturated heterocycles. The lowest BCUT2D eigenvalue weighted by molar-refractivity contribution is 0.130. The quantitative estimate of drug-likeness (QED) is 0.794. The van der Waals surface area contributed by atoms with Crippen LogP contribution in [0.3, 0.4) is 0 Å². The molecule has 0 aliphatic rings. The fourth-order valence-corrected chi connectivity index (χ4v) is 1.93. The average Bonchev–Trinajstić information content (AvgIpc) is 2.56. The molecule has 0 atom stereocenters. The minimum Gasteiger partial charge on any atom is -0.497 e. The molecule has 22 heavy (non-hydrogen) atoms. The van der Waals surface area contributed by atoms with Gasteiger partial charge >= 0.3 is 0 Å². The van der Waals surface area contributed by atoms with Crippen LogP contribution >= 0.6 is 11.6 Å². The minimum absolute atomic E-state index is 0.214. The molecule has 114 valence electrons. The van der Waals surface area contributed by atoms with Gasteiger partial charge < -0.3 is 14.8 Å². The van der Waals surface area contributed by atoms with Crippen LogP contribution in [0.1, 0.15) is 11.3 Å². The van der Waals surface area contributed by atoms with Gasteiger partial charge in [-0.1, -0.05) is 23.7 Å². The van der Waals surface area contributed by atoms with E-state index in [0.29, 0.717) is 30.6 Å². The highest BCUT2D eigenvalue weighted by molar-refractivity contribution is 6.31. The number of nitrogens with zero attached hydrogens (tertiary/aromatic N) is 2. The molecule has 0 bridgehead atoms. The molecule has 6 heteroatoms. The number of nitrogens with one attached hydrogen (secondary N) is 1. The molecule has 5 nitrogen and oxygen atoms in total. The van der Waals surface area contributed by atoms with E-state index in [2.05, 4.69) is 10.3 Å². The molecule has 0 fully saturated rings. The number of halogens is 1. The highest BCUT2D eigenvalue weighted by atomic mass is 35.5. The molecule has 0 aliphatic carbocycles. The van der Waals surface area contributed by atoms with Crippen molar-refractivity contribution in [1.82, 2.24) is 4.98 Å². The summed E-state index contributed by atoms with van der Waals surface area (Å²) in [4.78, 5) is 4.09. The standard InChI is InChI=1S/C16H16ClN3O2/c1-21-13-4-2-12(3-5-13)11-22-9-8-19-16-7-6-14(17)15(10-18)20-16/h2-7H,8-9,11H2,1H3,(H,19,20). The Morgan fingerprint density at radius 1 is 1.23 bits per heavy atom. The summed E-state index contributed by atoms with van der Waals surface area (Å²) in [6.07, 6.45) is 0. The third-order valence-electron chi connectivity index (χ3n) is 2.93. The van der Waals surface area contributed by atoms with Crippen LogP contribution in [0.25, 0.3) is 0 Å². The van der Waals surface area contributed by atoms with Crippen molar-refractivity contribution in [2.45, 2.75) is 6.61 Å². The first-order chi connectivity index (χ1) is 10.7. The second-order valence-electron chi connectivity index (χ2n) is 4.47. The Bertz CT molecular complexity index is 653. The molecular weight excluding hydrogens is 302 g/mol. The third kappa shape index (κ3) is 4.62. The van der Waals surface area contributed by atoms with E-state index in [9.17, 15) is 0 Å². The van der Waals surface area contributed by atoms with Crippen molar-refractivity contribution in [3.63, 3.8) is 0 Å². The molecule has 0 saturated carbocycles. The molecule has 0 amide bonds. The molecular formula is C16H16ClN3O2. The van der Waals surface area contributed by atoms with E-state index in [4.69, 9.17) is 26.3 Å². The van der Waals surface area contributed by atoms with Crippen molar-refractivity contribution in [2.75, 3.05) is 25.6 Å². The van der Waals surface area contributed by atoms with E-state index in [1.54, 1.807) is 19.2 Å². The summed E-state index contributed by atoms with van der Waals surface area (Å²) >= 11 is 5.82. The van der Waals surface area contributed by atoms with Gasteiger partial charge in [-0.25, -0.2) is 4.98 Å². The van der Waals surface area contributed by atoms with Crippen LogP contribution in [0.5, 0.6) is 5.75 Å². The lowest BCUT2D eigenvalue weighted by Gasteiger charge is -2.08. The van der Waals surface area contributed by atoms with Crippen molar-refractivity contribution >= 4 is 17.4 Å². The Kier molecular flexibility index (Phi) is 6.01.